The quantitative estimate of drug-likeness (QED) is 0.693. The van der Waals surface area contributed by atoms with Crippen LogP contribution in [0.4, 0.5) is 0 Å². The van der Waals surface area contributed by atoms with Gasteiger partial charge in [0.05, 0.1) is 0 Å². The number of amides is 1. The highest BCUT2D eigenvalue weighted by atomic mass is 16.2. The van der Waals surface area contributed by atoms with Crippen LogP contribution in [0.2, 0.25) is 0 Å². The molecular weight excluding hydrogens is 188 g/mol. The van der Waals surface area contributed by atoms with E-state index in [0.29, 0.717) is 23.2 Å². The van der Waals surface area contributed by atoms with Gasteiger partial charge in [0.1, 0.15) is 0 Å². The third kappa shape index (κ3) is 1.48. The normalized spacial score (nSPS) is 43.9. The summed E-state index contributed by atoms with van der Waals surface area (Å²) in [6.45, 7) is 6.43. The highest BCUT2D eigenvalue weighted by Crippen LogP contribution is 2.57. The van der Waals surface area contributed by atoms with Crippen LogP contribution in [0.5, 0.6) is 0 Å². The summed E-state index contributed by atoms with van der Waals surface area (Å²) >= 11 is 0. The third-order valence-electron chi connectivity index (χ3n) is 4.50. The van der Waals surface area contributed by atoms with Crippen molar-refractivity contribution in [2.24, 2.45) is 17.3 Å². The minimum absolute atomic E-state index is 0.359. The average Bonchev–Trinajstić information content (AvgIpc) is 2.60. The van der Waals surface area contributed by atoms with E-state index in [1.54, 1.807) is 0 Å². The molecular formula is C12H20N2O. The lowest BCUT2D eigenvalue weighted by Crippen LogP contribution is -2.32. The van der Waals surface area contributed by atoms with Gasteiger partial charge in [-0.15, -0.1) is 0 Å². The first-order chi connectivity index (χ1) is 7.21. The van der Waals surface area contributed by atoms with Crippen LogP contribution in [0.25, 0.3) is 0 Å². The Bertz CT molecular complexity index is 283. The lowest BCUT2D eigenvalue weighted by Gasteiger charge is -2.17. The molecule has 1 aliphatic carbocycles. The van der Waals surface area contributed by atoms with Gasteiger partial charge in [0.15, 0.2) is 0 Å². The monoisotopic (exact) mass is 208 g/mol. The van der Waals surface area contributed by atoms with Crippen LogP contribution in [0.15, 0.2) is 0 Å². The van der Waals surface area contributed by atoms with E-state index in [1.807, 2.05) is 0 Å². The molecule has 3 heteroatoms. The second-order valence-corrected chi connectivity index (χ2v) is 5.72. The second kappa shape index (κ2) is 3.21. The number of hydrogen-bond donors (Lipinski definition) is 1. The average molecular weight is 208 g/mol. The molecule has 3 unspecified atom stereocenters. The Hall–Kier alpha value is -0.570. The Balaban J connectivity index is 1.62. The van der Waals surface area contributed by atoms with E-state index in [-0.39, 0.29) is 0 Å². The first-order valence-corrected chi connectivity index (χ1v) is 6.21. The zero-order valence-corrected chi connectivity index (χ0v) is 9.46. The Morgan fingerprint density at radius 2 is 2.40 bits per heavy atom. The fraction of sp³-hybridized carbons (Fsp3) is 0.917. The highest BCUT2D eigenvalue weighted by molar-refractivity contribution is 5.83. The molecule has 84 valence electrons. The van der Waals surface area contributed by atoms with Crippen LogP contribution in [0, 0.1) is 17.3 Å². The summed E-state index contributed by atoms with van der Waals surface area (Å²) in [6, 6.07) is 0. The van der Waals surface area contributed by atoms with E-state index in [0.717, 1.165) is 32.6 Å². The third-order valence-corrected chi connectivity index (χ3v) is 4.50. The van der Waals surface area contributed by atoms with Gasteiger partial charge in [0.2, 0.25) is 5.91 Å². The fourth-order valence-corrected chi connectivity index (χ4v) is 3.29. The maximum Gasteiger partial charge on any atom is 0.226 e. The zero-order chi connectivity index (χ0) is 10.5. The first-order valence-electron chi connectivity index (χ1n) is 6.21. The van der Waals surface area contributed by atoms with Gasteiger partial charge in [-0.25, -0.2) is 0 Å². The van der Waals surface area contributed by atoms with Crippen molar-refractivity contribution in [3.8, 4) is 0 Å². The van der Waals surface area contributed by atoms with Gasteiger partial charge in [-0.1, -0.05) is 6.92 Å². The molecule has 2 heterocycles. The molecule has 2 aliphatic heterocycles. The lowest BCUT2D eigenvalue weighted by molar-refractivity contribution is -0.132. The second-order valence-electron chi connectivity index (χ2n) is 5.72. The molecule has 0 aromatic carbocycles. The number of hydrogen-bond acceptors (Lipinski definition) is 2. The Morgan fingerprint density at radius 3 is 3.00 bits per heavy atom. The molecule has 3 aliphatic rings. The molecule has 3 atom stereocenters. The van der Waals surface area contributed by atoms with Crippen molar-refractivity contribution in [3.05, 3.63) is 0 Å². The fourth-order valence-electron chi connectivity index (χ4n) is 3.29. The summed E-state index contributed by atoms with van der Waals surface area (Å²) in [5.74, 6) is 1.52. The molecule has 3 rings (SSSR count). The summed E-state index contributed by atoms with van der Waals surface area (Å²) in [7, 11) is 0. The molecule has 1 amide bonds. The maximum atomic E-state index is 12.2. The van der Waals surface area contributed by atoms with E-state index >= 15 is 0 Å². The number of nitrogens with one attached hydrogen (secondary N) is 1. The van der Waals surface area contributed by atoms with Crippen molar-refractivity contribution < 1.29 is 4.79 Å². The first kappa shape index (κ1) is 9.64. The van der Waals surface area contributed by atoms with Gasteiger partial charge in [0, 0.05) is 25.6 Å². The number of rotatable bonds is 1. The molecule has 1 N–H and O–H groups in total. The van der Waals surface area contributed by atoms with Gasteiger partial charge in [-0.05, 0) is 37.1 Å². The van der Waals surface area contributed by atoms with Crippen molar-refractivity contribution in [2.75, 3.05) is 26.2 Å². The van der Waals surface area contributed by atoms with Crippen LogP contribution >= 0.6 is 0 Å². The number of carbonyl (C=O) groups is 1. The standard InChI is InChI=1S/C12H20N2O/c1-9-2-5-14(7-9)11(15)10-6-12(10)3-4-13-8-12/h9-10,13H,2-8H2,1H3. The molecule has 15 heavy (non-hydrogen) atoms. The SMILES string of the molecule is CC1CCN(C(=O)C2CC23CCNC3)C1. The van der Waals surface area contributed by atoms with E-state index in [9.17, 15) is 4.79 Å². The van der Waals surface area contributed by atoms with E-state index in [1.165, 1.54) is 12.8 Å². The summed E-state index contributed by atoms with van der Waals surface area (Å²) in [6.07, 6.45) is 3.56. The Labute approximate surface area is 91.2 Å². The zero-order valence-electron chi connectivity index (χ0n) is 9.46. The molecule has 1 spiro atoms. The number of carbonyl (C=O) groups excluding carboxylic acids is 1. The summed E-state index contributed by atoms with van der Waals surface area (Å²) in [4.78, 5) is 14.3. The van der Waals surface area contributed by atoms with Gasteiger partial charge in [0.25, 0.3) is 0 Å². The minimum atomic E-state index is 0.359. The number of likely N-dealkylation sites (tertiary alicyclic amines) is 1. The maximum absolute atomic E-state index is 12.2. The topological polar surface area (TPSA) is 32.3 Å². The van der Waals surface area contributed by atoms with Crippen LogP contribution < -0.4 is 5.32 Å². The molecule has 0 bridgehead atoms. The summed E-state index contributed by atoms with van der Waals surface area (Å²) in [5, 5.41) is 3.39. The predicted octanol–water partition coefficient (Wildman–Crippen LogP) is 0.854. The van der Waals surface area contributed by atoms with Crippen LogP contribution in [-0.2, 0) is 4.79 Å². The Kier molecular flexibility index (Phi) is 2.06. The molecule has 0 aromatic heterocycles. The van der Waals surface area contributed by atoms with Gasteiger partial charge >= 0.3 is 0 Å². The molecule has 3 fully saturated rings. The van der Waals surface area contributed by atoms with Gasteiger partial charge in [-0.3, -0.25) is 4.79 Å². The van der Waals surface area contributed by atoms with Crippen molar-refractivity contribution >= 4 is 5.91 Å². The van der Waals surface area contributed by atoms with Gasteiger partial charge < -0.3 is 10.2 Å². The molecule has 2 saturated heterocycles. The molecule has 1 saturated carbocycles. The van der Waals surface area contributed by atoms with E-state index < -0.39 is 0 Å². The van der Waals surface area contributed by atoms with Crippen molar-refractivity contribution in [1.82, 2.24) is 10.2 Å². The van der Waals surface area contributed by atoms with Crippen LogP contribution in [-0.4, -0.2) is 37.0 Å². The summed E-state index contributed by atoms with van der Waals surface area (Å²) < 4.78 is 0. The molecule has 3 nitrogen and oxygen atoms in total. The van der Waals surface area contributed by atoms with Crippen molar-refractivity contribution in [3.63, 3.8) is 0 Å². The lowest BCUT2D eigenvalue weighted by atomic mass is 10.0. The van der Waals surface area contributed by atoms with E-state index in [2.05, 4.69) is 17.1 Å². The van der Waals surface area contributed by atoms with Crippen molar-refractivity contribution in [2.45, 2.75) is 26.2 Å². The summed E-state index contributed by atoms with van der Waals surface area (Å²) in [5.41, 5.74) is 0.378. The molecule has 0 radical (unpaired) electrons. The van der Waals surface area contributed by atoms with Crippen LogP contribution in [0.1, 0.15) is 26.2 Å². The minimum Gasteiger partial charge on any atom is -0.342 e. The molecule has 0 aromatic rings. The van der Waals surface area contributed by atoms with Crippen LogP contribution in [0.3, 0.4) is 0 Å². The Morgan fingerprint density at radius 1 is 1.53 bits per heavy atom. The smallest absolute Gasteiger partial charge is 0.226 e. The number of nitrogens with zero attached hydrogens (tertiary/aromatic N) is 1. The van der Waals surface area contributed by atoms with E-state index in [4.69, 9.17) is 0 Å². The van der Waals surface area contributed by atoms with Gasteiger partial charge in [-0.2, -0.15) is 0 Å². The predicted molar refractivity (Wildman–Crippen MR) is 58.4 cm³/mol. The largest absolute Gasteiger partial charge is 0.342 e. The van der Waals surface area contributed by atoms with Crippen molar-refractivity contribution in [1.29, 1.82) is 0 Å². The highest BCUT2D eigenvalue weighted by Gasteiger charge is 2.59.